The predicted octanol–water partition coefficient (Wildman–Crippen LogP) is 3.94. The zero-order chi connectivity index (χ0) is 26.9. The first-order valence-corrected chi connectivity index (χ1v) is 14.4. The van der Waals surface area contributed by atoms with Crippen molar-refractivity contribution >= 4 is 35.0 Å². The second-order valence-corrected chi connectivity index (χ2v) is 11.5. The summed E-state index contributed by atoms with van der Waals surface area (Å²) in [6.07, 6.45) is 12.1. The molecule has 1 aliphatic heterocycles. The van der Waals surface area contributed by atoms with E-state index in [0.29, 0.717) is 22.8 Å². The molecule has 0 spiro atoms. The number of amides is 1. The molecule has 2 heterocycles. The highest BCUT2D eigenvalue weighted by Gasteiger charge is 2.44. The number of nitrogens with one attached hydrogen (secondary N) is 2. The van der Waals surface area contributed by atoms with Crippen LogP contribution in [0, 0.1) is 17.8 Å². The molecule has 1 saturated heterocycles. The lowest BCUT2D eigenvalue weighted by molar-refractivity contribution is -0.124. The van der Waals surface area contributed by atoms with Crippen molar-refractivity contribution in [1.29, 1.82) is 0 Å². The number of carbonyl (C=O) groups excluding carboxylic acids is 1. The number of hydrogen-bond donors (Lipinski definition) is 3. The van der Waals surface area contributed by atoms with Crippen LogP contribution in [0.2, 0.25) is 5.02 Å². The Bertz CT molecular complexity index is 1250. The van der Waals surface area contributed by atoms with Crippen molar-refractivity contribution in [2.75, 3.05) is 44.0 Å². The summed E-state index contributed by atoms with van der Waals surface area (Å²) in [6, 6.07) is 4.66. The van der Waals surface area contributed by atoms with Crippen LogP contribution in [0.15, 0.2) is 30.5 Å². The highest BCUT2D eigenvalue weighted by molar-refractivity contribution is 6.32. The fraction of sp³-hybridized carbons (Fsp3) is 0.552. The van der Waals surface area contributed by atoms with Gasteiger partial charge in [-0.1, -0.05) is 29.8 Å². The summed E-state index contributed by atoms with van der Waals surface area (Å²) in [5, 5.41) is 7.20. The highest BCUT2D eigenvalue weighted by Crippen LogP contribution is 2.43. The molecule has 10 heteroatoms. The number of aromatic nitrogens is 2. The molecule has 9 nitrogen and oxygen atoms in total. The Labute approximate surface area is 234 Å². The first-order chi connectivity index (χ1) is 19.0. The van der Waals surface area contributed by atoms with E-state index in [-0.39, 0.29) is 29.7 Å². The third-order valence-electron chi connectivity index (χ3n) is 8.97. The number of nitrogens with zero attached hydrogens (tertiary/aromatic N) is 3. The minimum absolute atomic E-state index is 0.145. The number of anilines is 3. The summed E-state index contributed by atoms with van der Waals surface area (Å²) in [7, 11) is 1.72. The maximum absolute atomic E-state index is 12.3. The van der Waals surface area contributed by atoms with Gasteiger partial charge >= 0.3 is 0 Å². The van der Waals surface area contributed by atoms with E-state index in [1.165, 1.54) is 11.1 Å². The van der Waals surface area contributed by atoms with Crippen LogP contribution >= 0.6 is 11.6 Å². The Morgan fingerprint density at radius 1 is 1.13 bits per heavy atom. The third kappa shape index (κ3) is 5.32. The molecule has 39 heavy (non-hydrogen) atoms. The molecular weight excluding hydrogens is 516 g/mol. The number of morpholine rings is 1. The Morgan fingerprint density at radius 2 is 1.90 bits per heavy atom. The van der Waals surface area contributed by atoms with Gasteiger partial charge in [-0.25, -0.2) is 4.98 Å². The van der Waals surface area contributed by atoms with Gasteiger partial charge in [0.15, 0.2) is 5.82 Å². The zero-order valence-corrected chi connectivity index (χ0v) is 23.1. The Hall–Kier alpha value is -2.88. The van der Waals surface area contributed by atoms with Crippen LogP contribution in [0.3, 0.4) is 0 Å². The molecule has 7 rings (SSSR count). The first-order valence-electron chi connectivity index (χ1n) is 14.1. The van der Waals surface area contributed by atoms with Gasteiger partial charge in [0.05, 0.1) is 38.1 Å². The molecule has 0 unspecified atom stereocenters. The molecule has 1 aromatic heterocycles. The quantitative estimate of drug-likeness (QED) is 0.349. The van der Waals surface area contributed by atoms with Crippen LogP contribution in [-0.2, 0) is 22.4 Å². The van der Waals surface area contributed by atoms with Gasteiger partial charge in [0.25, 0.3) is 0 Å². The number of fused-ring (bicyclic) bond motifs is 3. The molecule has 2 fully saturated rings. The first kappa shape index (κ1) is 26.3. The number of primary amides is 1. The maximum Gasteiger partial charge on any atom is 0.229 e. The molecule has 208 valence electrons. The molecular formula is C29H37ClN6O3. The minimum Gasteiger partial charge on any atom is -0.494 e. The van der Waals surface area contributed by atoms with Gasteiger partial charge in [-0.3, -0.25) is 9.69 Å². The standard InChI is InChI=1S/C29H37ClN6O3/c1-38-26-21-10-9-20(36-12-14-39-15-13-36)8-6-17(21)7-11-23(26)33-29-32-16-22(30)28(35-29)34-25-19-4-2-18(3-5-19)24(25)27(31)37/h2,4,7,11,16,18-20,24-25H,3,5-6,8-10,12-15H2,1H3,(H2,31,37)(H2,32,33,34,35)/t18-,19+,20+,24+,25-/m1/s1. The van der Waals surface area contributed by atoms with Crippen LogP contribution in [0.1, 0.15) is 36.8 Å². The lowest BCUT2D eigenvalue weighted by atomic mass is 9.65. The van der Waals surface area contributed by atoms with Crippen LogP contribution < -0.4 is 21.1 Å². The fourth-order valence-electron chi connectivity index (χ4n) is 6.98. The lowest BCUT2D eigenvalue weighted by Crippen LogP contribution is -2.51. The van der Waals surface area contributed by atoms with E-state index in [1.807, 2.05) is 6.07 Å². The van der Waals surface area contributed by atoms with Gasteiger partial charge in [0.1, 0.15) is 10.8 Å². The van der Waals surface area contributed by atoms with E-state index >= 15 is 0 Å². The van der Waals surface area contributed by atoms with Crippen molar-refractivity contribution < 1.29 is 14.3 Å². The lowest BCUT2D eigenvalue weighted by Gasteiger charge is -2.44. The zero-order valence-electron chi connectivity index (χ0n) is 22.4. The van der Waals surface area contributed by atoms with Crippen LogP contribution in [-0.4, -0.2) is 66.3 Å². The topological polar surface area (TPSA) is 115 Å². The smallest absolute Gasteiger partial charge is 0.229 e. The summed E-state index contributed by atoms with van der Waals surface area (Å²) in [4.78, 5) is 24.0. The minimum atomic E-state index is -0.291. The van der Waals surface area contributed by atoms with Gasteiger partial charge in [-0.05, 0) is 67.6 Å². The summed E-state index contributed by atoms with van der Waals surface area (Å²) in [6.45, 7) is 3.66. The molecule has 1 saturated carbocycles. The predicted molar refractivity (Wildman–Crippen MR) is 152 cm³/mol. The van der Waals surface area contributed by atoms with E-state index in [9.17, 15) is 4.79 Å². The van der Waals surface area contributed by atoms with Gasteiger partial charge in [-0.2, -0.15) is 4.98 Å². The third-order valence-corrected chi connectivity index (χ3v) is 9.25. The molecule has 0 radical (unpaired) electrons. The van der Waals surface area contributed by atoms with Gasteiger partial charge < -0.3 is 25.8 Å². The van der Waals surface area contributed by atoms with E-state index in [4.69, 9.17) is 31.8 Å². The van der Waals surface area contributed by atoms with Crippen molar-refractivity contribution in [3.63, 3.8) is 0 Å². The van der Waals surface area contributed by atoms with E-state index in [1.54, 1.807) is 13.3 Å². The highest BCUT2D eigenvalue weighted by atomic mass is 35.5. The number of rotatable bonds is 7. The Balaban J connectivity index is 1.21. The number of methoxy groups -OCH3 is 1. The number of aryl methyl sites for hydroxylation is 1. The van der Waals surface area contributed by atoms with Crippen molar-refractivity contribution in [3.8, 4) is 5.75 Å². The van der Waals surface area contributed by atoms with Gasteiger partial charge in [0.2, 0.25) is 11.9 Å². The van der Waals surface area contributed by atoms with E-state index in [2.05, 4.69) is 38.7 Å². The summed E-state index contributed by atoms with van der Waals surface area (Å²) in [5.74, 6) is 1.52. The largest absolute Gasteiger partial charge is 0.494 e. The van der Waals surface area contributed by atoms with Crippen LogP contribution in [0.25, 0.3) is 0 Å². The normalized spacial score (nSPS) is 28.4. The average Bonchev–Trinajstić information content (AvgIpc) is 3.18. The fourth-order valence-corrected chi connectivity index (χ4v) is 7.12. The number of hydrogen-bond acceptors (Lipinski definition) is 8. The number of ether oxygens (including phenoxy) is 2. The molecule has 5 aliphatic rings. The number of carbonyl (C=O) groups is 1. The van der Waals surface area contributed by atoms with Crippen LogP contribution in [0.4, 0.5) is 17.5 Å². The second kappa shape index (κ2) is 11.3. The Kier molecular flexibility index (Phi) is 7.64. The maximum atomic E-state index is 12.3. The summed E-state index contributed by atoms with van der Waals surface area (Å²) in [5.41, 5.74) is 9.22. The molecule has 1 aromatic carbocycles. The number of allylic oxidation sites excluding steroid dienone is 1. The number of benzene rings is 1. The van der Waals surface area contributed by atoms with Gasteiger partial charge in [-0.15, -0.1) is 0 Å². The Morgan fingerprint density at radius 3 is 2.64 bits per heavy atom. The second-order valence-electron chi connectivity index (χ2n) is 11.1. The molecule has 1 amide bonds. The van der Waals surface area contributed by atoms with Crippen molar-refractivity contribution in [1.82, 2.24) is 14.9 Å². The monoisotopic (exact) mass is 552 g/mol. The SMILES string of the molecule is COc1c(Nc2ncc(Cl)c(N[C@H]3[C@@H](C(N)=O)[C@@H]4C=C[C@H]3CC4)n2)ccc2c1CC[C@@H](N1CCOCC1)CC2. The van der Waals surface area contributed by atoms with E-state index in [0.717, 1.165) is 76.3 Å². The molecule has 5 atom stereocenters. The van der Waals surface area contributed by atoms with Gasteiger partial charge in [0, 0.05) is 25.2 Å². The summed E-state index contributed by atoms with van der Waals surface area (Å²) >= 11 is 6.51. The van der Waals surface area contributed by atoms with Crippen molar-refractivity contribution in [3.05, 3.63) is 46.6 Å². The molecule has 2 bridgehead atoms. The molecule has 4 N–H and O–H groups in total. The number of nitrogens with two attached hydrogens (primary N) is 1. The van der Waals surface area contributed by atoms with E-state index < -0.39 is 0 Å². The molecule has 2 aromatic rings. The van der Waals surface area contributed by atoms with Crippen molar-refractivity contribution in [2.24, 2.45) is 23.5 Å². The summed E-state index contributed by atoms with van der Waals surface area (Å²) < 4.78 is 11.5. The van der Waals surface area contributed by atoms with Crippen molar-refractivity contribution in [2.45, 2.75) is 50.6 Å². The molecule has 4 aliphatic carbocycles. The number of halogens is 1. The average molecular weight is 553 g/mol. The van der Waals surface area contributed by atoms with Crippen LogP contribution in [0.5, 0.6) is 5.75 Å².